The van der Waals surface area contributed by atoms with Crippen LogP contribution in [0.4, 0.5) is 0 Å². The van der Waals surface area contributed by atoms with E-state index in [2.05, 4.69) is 27.7 Å². The third-order valence-corrected chi connectivity index (χ3v) is 12.1. The fraction of sp³-hybridized carbons (Fsp3) is 1.00. The molecular formula is C34H62. The molecule has 0 aromatic rings. The Balaban J connectivity index is 0.000000172. The van der Waals surface area contributed by atoms with Crippen molar-refractivity contribution < 1.29 is 0 Å². The Morgan fingerprint density at radius 1 is 0.206 bits per heavy atom. The average molecular weight is 471 g/mol. The van der Waals surface area contributed by atoms with Crippen LogP contribution in [0.25, 0.3) is 0 Å². The molecule has 0 aromatic carbocycles. The zero-order chi connectivity index (χ0) is 23.9. The van der Waals surface area contributed by atoms with Gasteiger partial charge in [0.2, 0.25) is 0 Å². The quantitative estimate of drug-likeness (QED) is 0.384. The van der Waals surface area contributed by atoms with Crippen molar-refractivity contribution in [2.45, 2.75) is 156 Å². The van der Waals surface area contributed by atoms with Crippen LogP contribution in [0.5, 0.6) is 0 Å². The molecule has 0 unspecified atom stereocenters. The van der Waals surface area contributed by atoms with Crippen molar-refractivity contribution in [3.05, 3.63) is 0 Å². The third-order valence-electron chi connectivity index (χ3n) is 12.1. The molecule has 5 fully saturated rings. The first kappa shape index (κ1) is 27.0. The van der Waals surface area contributed by atoms with Crippen LogP contribution >= 0.6 is 0 Å². The highest BCUT2D eigenvalue weighted by atomic mass is 14.4. The van der Waals surface area contributed by atoms with Gasteiger partial charge in [-0.05, 0) is 136 Å². The first-order chi connectivity index (χ1) is 16.5. The zero-order valence-corrected chi connectivity index (χ0v) is 23.9. The van der Waals surface area contributed by atoms with Crippen LogP contribution in [0.3, 0.4) is 0 Å². The Morgan fingerprint density at radius 3 is 0.471 bits per heavy atom. The summed E-state index contributed by atoms with van der Waals surface area (Å²) in [5.41, 5.74) is 0. The molecule has 0 saturated heterocycles. The summed E-state index contributed by atoms with van der Waals surface area (Å²) in [6, 6.07) is 0. The Bertz CT molecular complexity index is 474. The second-order valence-corrected chi connectivity index (χ2v) is 14.8. The molecule has 0 heteroatoms. The summed E-state index contributed by atoms with van der Waals surface area (Å²) in [7, 11) is 0. The molecule has 34 heavy (non-hydrogen) atoms. The predicted molar refractivity (Wildman–Crippen MR) is 150 cm³/mol. The summed E-state index contributed by atoms with van der Waals surface area (Å²) >= 11 is 0. The number of hydrogen-bond acceptors (Lipinski definition) is 0. The highest BCUT2D eigenvalue weighted by Crippen LogP contribution is 2.46. The van der Waals surface area contributed by atoms with Crippen LogP contribution in [0.2, 0.25) is 0 Å². The Hall–Kier alpha value is 0. The summed E-state index contributed by atoms with van der Waals surface area (Å²) in [4.78, 5) is 0. The number of rotatable bonds is 3. The molecule has 5 aliphatic rings. The maximum Gasteiger partial charge on any atom is -0.0386 e. The van der Waals surface area contributed by atoms with Crippen molar-refractivity contribution in [1.29, 1.82) is 0 Å². The van der Waals surface area contributed by atoms with E-state index in [1.807, 2.05) is 0 Å². The second kappa shape index (κ2) is 13.5. The highest BCUT2D eigenvalue weighted by Gasteiger charge is 2.33. The van der Waals surface area contributed by atoms with Gasteiger partial charge in [-0.2, -0.15) is 0 Å². The average Bonchev–Trinajstić information content (AvgIpc) is 2.87. The molecule has 0 N–H and O–H groups in total. The van der Waals surface area contributed by atoms with Crippen LogP contribution in [-0.2, 0) is 0 Å². The van der Waals surface area contributed by atoms with Crippen LogP contribution in [0, 0.1) is 59.2 Å². The van der Waals surface area contributed by atoms with E-state index in [4.69, 9.17) is 0 Å². The van der Waals surface area contributed by atoms with Gasteiger partial charge < -0.3 is 0 Å². The molecule has 0 heterocycles. The van der Waals surface area contributed by atoms with Gasteiger partial charge in [0.05, 0.1) is 0 Å². The molecule has 0 radical (unpaired) electrons. The molecular weight excluding hydrogens is 408 g/mol. The van der Waals surface area contributed by atoms with Gasteiger partial charge in [0.25, 0.3) is 0 Å². The van der Waals surface area contributed by atoms with E-state index in [0.29, 0.717) is 0 Å². The molecule has 0 spiro atoms. The van der Waals surface area contributed by atoms with Gasteiger partial charge in [0.15, 0.2) is 0 Å². The van der Waals surface area contributed by atoms with Crippen molar-refractivity contribution >= 4 is 0 Å². The van der Waals surface area contributed by atoms with Gasteiger partial charge in [-0.1, -0.05) is 79.1 Å². The molecule has 0 aliphatic heterocycles. The first-order valence-electron chi connectivity index (χ1n) is 16.5. The predicted octanol–water partition coefficient (Wildman–Crippen LogP) is 11.1. The largest absolute Gasteiger partial charge is 0.0625 e. The minimum atomic E-state index is 1.02. The van der Waals surface area contributed by atoms with Crippen molar-refractivity contribution in [2.75, 3.05) is 0 Å². The lowest BCUT2D eigenvalue weighted by Crippen LogP contribution is -2.29. The molecule has 0 bridgehead atoms. The van der Waals surface area contributed by atoms with Crippen LogP contribution in [0.1, 0.15) is 156 Å². The minimum absolute atomic E-state index is 1.02. The van der Waals surface area contributed by atoms with Crippen LogP contribution in [0.15, 0.2) is 0 Å². The minimum Gasteiger partial charge on any atom is -0.0625 e. The Morgan fingerprint density at radius 2 is 0.324 bits per heavy atom. The van der Waals surface area contributed by atoms with Crippen molar-refractivity contribution in [2.24, 2.45) is 59.2 Å². The van der Waals surface area contributed by atoms with Crippen molar-refractivity contribution in [3.63, 3.8) is 0 Å². The normalized spacial score (nSPS) is 46.2. The lowest BCUT2D eigenvalue weighted by Gasteiger charge is -2.41. The van der Waals surface area contributed by atoms with Gasteiger partial charge >= 0.3 is 0 Å². The molecule has 0 nitrogen and oxygen atoms in total. The molecule has 0 amide bonds. The van der Waals surface area contributed by atoms with E-state index in [1.165, 1.54) is 51.4 Å². The van der Waals surface area contributed by atoms with Crippen molar-refractivity contribution in [3.8, 4) is 0 Å². The van der Waals surface area contributed by atoms with Gasteiger partial charge in [-0.3, -0.25) is 0 Å². The zero-order valence-electron chi connectivity index (χ0n) is 23.9. The second-order valence-electron chi connectivity index (χ2n) is 14.8. The fourth-order valence-corrected chi connectivity index (χ4v) is 9.12. The summed E-state index contributed by atoms with van der Waals surface area (Å²) in [6.07, 6.45) is 30.8. The van der Waals surface area contributed by atoms with E-state index in [9.17, 15) is 0 Å². The maximum absolute atomic E-state index is 2.46. The molecule has 5 rings (SSSR count). The molecule has 5 aliphatic carbocycles. The number of hydrogen-bond donors (Lipinski definition) is 0. The summed E-state index contributed by atoms with van der Waals surface area (Å²) in [5, 5.41) is 0. The van der Waals surface area contributed by atoms with E-state index >= 15 is 0 Å². The van der Waals surface area contributed by atoms with Crippen LogP contribution < -0.4 is 0 Å². The van der Waals surface area contributed by atoms with Gasteiger partial charge in [0, 0.05) is 0 Å². The van der Waals surface area contributed by atoms with Crippen LogP contribution in [-0.4, -0.2) is 0 Å². The maximum atomic E-state index is 2.46. The van der Waals surface area contributed by atoms with Crippen molar-refractivity contribution in [1.82, 2.24) is 0 Å². The standard InChI is InChI=1S/C20H36.C14H26/c1-15-3-7-17(8-4-15)19-11-13-20(14-12-19)18-9-5-16(2)6-10-18;1-11-3-7-13(8-4-11)14-9-5-12(2)6-10-14/h15-20H,3-14H2,1-2H3;11-14H,3-10H2,1-2H3. The summed E-state index contributed by atoms with van der Waals surface area (Å²) < 4.78 is 0. The van der Waals surface area contributed by atoms with E-state index in [-0.39, 0.29) is 0 Å². The topological polar surface area (TPSA) is 0 Å². The van der Waals surface area contributed by atoms with Gasteiger partial charge in [0.1, 0.15) is 0 Å². The van der Waals surface area contributed by atoms with E-state index < -0.39 is 0 Å². The van der Waals surface area contributed by atoms with Gasteiger partial charge in [-0.25, -0.2) is 0 Å². The summed E-state index contributed by atoms with van der Waals surface area (Å²) in [6.45, 7) is 9.77. The first-order valence-corrected chi connectivity index (χ1v) is 16.5. The van der Waals surface area contributed by atoms with E-state index in [1.54, 1.807) is 77.0 Å². The van der Waals surface area contributed by atoms with Gasteiger partial charge in [-0.15, -0.1) is 0 Å². The Labute approximate surface area is 215 Å². The molecule has 0 aromatic heterocycles. The highest BCUT2D eigenvalue weighted by molar-refractivity contribution is 4.85. The molecule has 5 saturated carbocycles. The monoisotopic (exact) mass is 470 g/mol. The SMILES string of the molecule is CC1CCC(C2CCC(C)CC2)CC1.CC1CCC(C2CCC(C3CCC(C)CC3)CC2)CC1. The summed E-state index contributed by atoms with van der Waals surface area (Å²) in [5.74, 6) is 10.7. The third kappa shape index (κ3) is 8.00. The Kier molecular flexibility index (Phi) is 10.8. The lowest BCUT2D eigenvalue weighted by atomic mass is 9.65. The molecule has 198 valence electrons. The lowest BCUT2D eigenvalue weighted by molar-refractivity contribution is 0.108. The molecule has 0 atom stereocenters. The van der Waals surface area contributed by atoms with E-state index in [0.717, 1.165) is 59.2 Å². The smallest absolute Gasteiger partial charge is 0.0386 e. The fourth-order valence-electron chi connectivity index (χ4n) is 9.12.